The van der Waals surface area contributed by atoms with Gasteiger partial charge in [-0.3, -0.25) is 14.4 Å². The van der Waals surface area contributed by atoms with Gasteiger partial charge in [-0.15, -0.1) is 0 Å². The minimum atomic E-state index is -0.797. The molecule has 0 saturated heterocycles. The van der Waals surface area contributed by atoms with Crippen molar-refractivity contribution >= 4 is 17.9 Å². The van der Waals surface area contributed by atoms with Crippen LogP contribution in [-0.2, 0) is 28.6 Å². The van der Waals surface area contributed by atoms with Crippen molar-refractivity contribution in [2.75, 3.05) is 13.2 Å². The van der Waals surface area contributed by atoms with Crippen molar-refractivity contribution in [2.45, 2.75) is 309 Å². The normalized spacial score (nSPS) is 12.7. The third kappa shape index (κ3) is 61.1. The second kappa shape index (κ2) is 62.9. The summed E-state index contributed by atoms with van der Waals surface area (Å²) in [5.41, 5.74) is 0. The van der Waals surface area contributed by atoms with Gasteiger partial charge < -0.3 is 14.2 Å². The number of hydrogen-bond donors (Lipinski definition) is 0. The molecule has 0 rings (SSSR count). The van der Waals surface area contributed by atoms with Gasteiger partial charge in [0.25, 0.3) is 0 Å². The number of hydrogen-bond acceptors (Lipinski definition) is 6. The van der Waals surface area contributed by atoms with Gasteiger partial charge in [0.15, 0.2) is 6.10 Å². The van der Waals surface area contributed by atoms with E-state index in [-0.39, 0.29) is 31.1 Å². The average Bonchev–Trinajstić information content (AvgIpc) is 3.41. The molecule has 0 aliphatic rings. The van der Waals surface area contributed by atoms with Gasteiger partial charge >= 0.3 is 17.9 Å². The lowest BCUT2D eigenvalue weighted by molar-refractivity contribution is -0.167. The molecule has 0 spiro atoms. The third-order valence-electron chi connectivity index (χ3n) is 13.5. The van der Waals surface area contributed by atoms with Gasteiger partial charge in [0.2, 0.25) is 0 Å². The summed E-state index contributed by atoms with van der Waals surface area (Å²) in [5.74, 6) is -0.921. The summed E-state index contributed by atoms with van der Waals surface area (Å²) in [6.45, 7) is 6.49. The van der Waals surface area contributed by atoms with E-state index < -0.39 is 6.10 Å². The number of unbranched alkanes of at least 4 members (excludes halogenated alkanes) is 30. The molecule has 0 aromatic heterocycles. The zero-order valence-corrected chi connectivity index (χ0v) is 49.3. The van der Waals surface area contributed by atoms with Gasteiger partial charge in [-0.1, -0.05) is 259 Å². The van der Waals surface area contributed by atoms with E-state index >= 15 is 0 Å². The van der Waals surface area contributed by atoms with E-state index in [1.165, 1.54) is 161 Å². The lowest BCUT2D eigenvalue weighted by Gasteiger charge is -2.18. The first-order chi connectivity index (χ1) is 37.0. The molecule has 0 aromatic rings. The number of carbonyl (C=O) groups excluding carboxylic acids is 3. The molecular formula is C69H118O6. The van der Waals surface area contributed by atoms with E-state index in [2.05, 4.69) is 118 Å². The van der Waals surface area contributed by atoms with E-state index in [4.69, 9.17) is 14.2 Å². The Morgan fingerprint density at radius 3 is 0.867 bits per heavy atom. The summed E-state index contributed by atoms with van der Waals surface area (Å²) >= 11 is 0. The Bertz CT molecular complexity index is 1480. The minimum Gasteiger partial charge on any atom is -0.462 e. The molecule has 0 N–H and O–H groups in total. The highest BCUT2D eigenvalue weighted by Crippen LogP contribution is 2.16. The van der Waals surface area contributed by atoms with E-state index in [0.29, 0.717) is 19.3 Å². The van der Waals surface area contributed by atoms with Gasteiger partial charge in [-0.05, 0) is 122 Å². The Morgan fingerprint density at radius 1 is 0.280 bits per heavy atom. The van der Waals surface area contributed by atoms with Crippen LogP contribution < -0.4 is 0 Å². The molecule has 0 unspecified atom stereocenters. The number of esters is 3. The molecule has 1 atom stereocenters. The van der Waals surface area contributed by atoms with Crippen molar-refractivity contribution in [1.82, 2.24) is 0 Å². The van der Waals surface area contributed by atoms with Crippen molar-refractivity contribution in [3.05, 3.63) is 97.2 Å². The average molecular weight is 1040 g/mol. The minimum absolute atomic E-state index is 0.0904. The Kier molecular flexibility index (Phi) is 59.8. The zero-order valence-electron chi connectivity index (χ0n) is 49.3. The van der Waals surface area contributed by atoms with Crippen LogP contribution in [-0.4, -0.2) is 37.2 Å². The summed E-state index contributed by atoms with van der Waals surface area (Å²) in [6.07, 6.45) is 84.0. The lowest BCUT2D eigenvalue weighted by Crippen LogP contribution is -2.30. The highest BCUT2D eigenvalue weighted by molar-refractivity contribution is 5.71. The molecule has 0 aliphatic carbocycles. The van der Waals surface area contributed by atoms with Crippen molar-refractivity contribution in [3.63, 3.8) is 0 Å². The summed E-state index contributed by atoms with van der Waals surface area (Å²) in [5, 5.41) is 0. The fourth-order valence-electron chi connectivity index (χ4n) is 8.79. The predicted octanol–water partition coefficient (Wildman–Crippen LogP) is 21.7. The molecule has 0 heterocycles. The van der Waals surface area contributed by atoms with E-state index in [0.717, 1.165) is 103 Å². The summed E-state index contributed by atoms with van der Waals surface area (Å²) in [6, 6.07) is 0. The molecule has 430 valence electrons. The predicted molar refractivity (Wildman–Crippen MR) is 325 cm³/mol. The number of allylic oxidation sites excluding steroid dienone is 16. The topological polar surface area (TPSA) is 78.9 Å². The molecule has 0 aliphatic heterocycles. The Hall–Kier alpha value is -3.67. The van der Waals surface area contributed by atoms with Crippen molar-refractivity contribution < 1.29 is 28.6 Å². The SMILES string of the molecule is CC/C=C\C/C=C\C/C=C\C/C=C\C/C=C\CCCCCC(=O)OC[C@H](COC(=O)CCCCCCCCCCC/C=C\CCCCCCCC)OC(=O)CCCCCCCCCCC/C=C\C/C=C\CCCCC. The van der Waals surface area contributed by atoms with Crippen LogP contribution in [0.4, 0.5) is 0 Å². The van der Waals surface area contributed by atoms with Crippen LogP contribution in [0.1, 0.15) is 303 Å². The molecule has 0 amide bonds. The second-order valence-electron chi connectivity index (χ2n) is 20.9. The van der Waals surface area contributed by atoms with Crippen LogP contribution >= 0.6 is 0 Å². The van der Waals surface area contributed by atoms with Gasteiger partial charge in [0.1, 0.15) is 13.2 Å². The summed E-state index contributed by atoms with van der Waals surface area (Å²) in [4.78, 5) is 38.3. The molecule has 6 heteroatoms. The van der Waals surface area contributed by atoms with Gasteiger partial charge in [0.05, 0.1) is 0 Å². The Balaban J connectivity index is 4.45. The molecule has 0 aromatic carbocycles. The quantitative estimate of drug-likeness (QED) is 0.0261. The molecule has 0 saturated carbocycles. The number of carbonyl (C=O) groups is 3. The molecule has 0 radical (unpaired) electrons. The van der Waals surface area contributed by atoms with Crippen LogP contribution in [0.3, 0.4) is 0 Å². The molecule has 0 fully saturated rings. The fourth-order valence-corrected chi connectivity index (χ4v) is 8.79. The number of ether oxygens (including phenoxy) is 3. The molecule has 6 nitrogen and oxygen atoms in total. The number of rotatable bonds is 57. The van der Waals surface area contributed by atoms with E-state index in [1.54, 1.807) is 0 Å². The van der Waals surface area contributed by atoms with Crippen LogP contribution in [0, 0.1) is 0 Å². The van der Waals surface area contributed by atoms with Gasteiger partial charge in [-0.25, -0.2) is 0 Å². The first kappa shape index (κ1) is 71.3. The maximum atomic E-state index is 12.9. The molecule has 0 bridgehead atoms. The fraction of sp³-hybridized carbons (Fsp3) is 0.725. The van der Waals surface area contributed by atoms with Crippen molar-refractivity contribution in [3.8, 4) is 0 Å². The zero-order chi connectivity index (χ0) is 54.3. The third-order valence-corrected chi connectivity index (χ3v) is 13.5. The van der Waals surface area contributed by atoms with Crippen molar-refractivity contribution in [2.24, 2.45) is 0 Å². The largest absolute Gasteiger partial charge is 0.462 e. The molecule has 75 heavy (non-hydrogen) atoms. The van der Waals surface area contributed by atoms with Crippen LogP contribution in [0.2, 0.25) is 0 Å². The van der Waals surface area contributed by atoms with Crippen LogP contribution in [0.25, 0.3) is 0 Å². The first-order valence-corrected chi connectivity index (χ1v) is 31.7. The van der Waals surface area contributed by atoms with Crippen molar-refractivity contribution in [1.29, 1.82) is 0 Å². The highest BCUT2D eigenvalue weighted by atomic mass is 16.6. The highest BCUT2D eigenvalue weighted by Gasteiger charge is 2.19. The smallest absolute Gasteiger partial charge is 0.306 e. The van der Waals surface area contributed by atoms with Gasteiger partial charge in [0, 0.05) is 19.3 Å². The first-order valence-electron chi connectivity index (χ1n) is 31.7. The monoisotopic (exact) mass is 1040 g/mol. The van der Waals surface area contributed by atoms with Crippen LogP contribution in [0.15, 0.2) is 97.2 Å². The van der Waals surface area contributed by atoms with Crippen LogP contribution in [0.5, 0.6) is 0 Å². The Morgan fingerprint density at radius 2 is 0.520 bits per heavy atom. The summed E-state index contributed by atoms with van der Waals surface area (Å²) < 4.78 is 16.9. The second-order valence-corrected chi connectivity index (χ2v) is 20.9. The van der Waals surface area contributed by atoms with Gasteiger partial charge in [-0.2, -0.15) is 0 Å². The Labute approximate surface area is 464 Å². The van der Waals surface area contributed by atoms with E-state index in [1.807, 2.05) is 0 Å². The standard InChI is InChI=1S/C69H118O6/c1-4-7-10-13-16-19-22-25-28-31-34-37-40-43-46-49-52-55-58-61-67(70)73-64-66(75-69(72)63-60-57-54-51-48-45-42-39-36-33-30-27-24-21-18-15-12-9-6-3)65-74-68(71)62-59-56-53-50-47-44-41-38-35-32-29-26-23-20-17-14-11-8-5-2/h7,10,16,18-19,21,25-30,34,37,43,46,66H,4-6,8-9,11-15,17,20,22-24,31-33,35-36,38-42,44-45,47-65H2,1-3H3/b10-7-,19-16-,21-18-,28-25-,29-26-,30-27-,37-34-,46-43-/t66-/m1/s1. The maximum Gasteiger partial charge on any atom is 0.306 e. The summed E-state index contributed by atoms with van der Waals surface area (Å²) in [7, 11) is 0. The maximum absolute atomic E-state index is 12.9. The van der Waals surface area contributed by atoms with E-state index in [9.17, 15) is 14.4 Å². The molecular weight excluding hydrogens is 925 g/mol. The lowest BCUT2D eigenvalue weighted by atomic mass is 10.1.